The second-order valence-electron chi connectivity index (χ2n) is 6.90. The standard InChI is InChI=1S/C23H20N4O2S/c1-14-8-9-17(12-15(14)2)24-22(29)25-18-10-11-20-19(13-18)26-23(30-20)27-21(28)16-6-4-3-5-7-16/h3-13H,1-2H3,(H2,24,25,29)(H,26,27,28). The van der Waals surface area contributed by atoms with Crippen molar-refractivity contribution in [3.63, 3.8) is 0 Å². The number of benzene rings is 3. The molecule has 4 aromatic rings. The molecule has 0 spiro atoms. The highest BCUT2D eigenvalue weighted by molar-refractivity contribution is 7.22. The van der Waals surface area contributed by atoms with Crippen molar-refractivity contribution in [2.45, 2.75) is 13.8 Å². The lowest BCUT2D eigenvalue weighted by molar-refractivity contribution is 0.102. The number of hydrogen-bond acceptors (Lipinski definition) is 4. The highest BCUT2D eigenvalue weighted by Gasteiger charge is 2.11. The molecule has 3 N–H and O–H groups in total. The van der Waals surface area contributed by atoms with Crippen molar-refractivity contribution in [1.82, 2.24) is 4.98 Å². The molecule has 0 fully saturated rings. The first-order valence-electron chi connectivity index (χ1n) is 9.40. The summed E-state index contributed by atoms with van der Waals surface area (Å²) in [4.78, 5) is 29.1. The van der Waals surface area contributed by atoms with Gasteiger partial charge in [-0.15, -0.1) is 0 Å². The number of rotatable bonds is 4. The van der Waals surface area contributed by atoms with E-state index in [4.69, 9.17) is 0 Å². The monoisotopic (exact) mass is 416 g/mol. The number of thiazole rings is 1. The summed E-state index contributed by atoms with van der Waals surface area (Å²) in [6.07, 6.45) is 0. The molecule has 150 valence electrons. The van der Waals surface area contributed by atoms with Gasteiger partial charge in [0, 0.05) is 16.9 Å². The molecular weight excluding hydrogens is 396 g/mol. The van der Waals surface area contributed by atoms with E-state index in [1.807, 2.05) is 62.4 Å². The number of fused-ring (bicyclic) bond motifs is 1. The van der Waals surface area contributed by atoms with Crippen molar-refractivity contribution in [2.24, 2.45) is 0 Å². The van der Waals surface area contributed by atoms with Crippen LogP contribution in [-0.2, 0) is 0 Å². The molecule has 3 aromatic carbocycles. The Morgan fingerprint density at radius 1 is 0.800 bits per heavy atom. The molecule has 6 nitrogen and oxygen atoms in total. The normalized spacial score (nSPS) is 10.6. The zero-order chi connectivity index (χ0) is 21.1. The van der Waals surface area contributed by atoms with Gasteiger partial charge in [0.1, 0.15) is 0 Å². The molecule has 0 aliphatic rings. The second kappa shape index (κ2) is 8.34. The van der Waals surface area contributed by atoms with Crippen LogP contribution in [0.1, 0.15) is 21.5 Å². The van der Waals surface area contributed by atoms with Crippen LogP contribution in [0.3, 0.4) is 0 Å². The van der Waals surface area contributed by atoms with Gasteiger partial charge >= 0.3 is 6.03 Å². The smallest absolute Gasteiger partial charge is 0.308 e. The molecule has 0 radical (unpaired) electrons. The van der Waals surface area contributed by atoms with Crippen molar-refractivity contribution in [1.29, 1.82) is 0 Å². The third kappa shape index (κ3) is 4.47. The number of anilines is 3. The quantitative estimate of drug-likeness (QED) is 0.393. The van der Waals surface area contributed by atoms with E-state index in [1.165, 1.54) is 16.9 Å². The Labute approximate surface area is 178 Å². The second-order valence-corrected chi connectivity index (χ2v) is 7.93. The number of hydrogen-bond donors (Lipinski definition) is 3. The number of aromatic nitrogens is 1. The Bertz CT molecular complexity index is 1230. The van der Waals surface area contributed by atoms with E-state index in [2.05, 4.69) is 20.9 Å². The lowest BCUT2D eigenvalue weighted by Gasteiger charge is -2.09. The minimum Gasteiger partial charge on any atom is -0.308 e. The number of carbonyl (C=O) groups is 2. The largest absolute Gasteiger partial charge is 0.323 e. The zero-order valence-corrected chi connectivity index (χ0v) is 17.3. The van der Waals surface area contributed by atoms with E-state index in [0.29, 0.717) is 21.9 Å². The first kappa shape index (κ1) is 19.6. The molecule has 0 bridgehead atoms. The first-order valence-corrected chi connectivity index (χ1v) is 10.2. The number of aryl methyl sites for hydroxylation is 2. The van der Waals surface area contributed by atoms with E-state index in [9.17, 15) is 9.59 Å². The van der Waals surface area contributed by atoms with Crippen molar-refractivity contribution in [3.05, 3.63) is 83.4 Å². The maximum absolute atomic E-state index is 12.3. The van der Waals surface area contributed by atoms with Crippen LogP contribution in [0, 0.1) is 13.8 Å². The van der Waals surface area contributed by atoms with E-state index in [0.717, 1.165) is 16.0 Å². The Balaban J connectivity index is 1.44. The summed E-state index contributed by atoms with van der Waals surface area (Å²) < 4.78 is 0.915. The fraction of sp³-hybridized carbons (Fsp3) is 0.0870. The number of amides is 3. The number of nitrogens with zero attached hydrogens (tertiary/aromatic N) is 1. The maximum atomic E-state index is 12.3. The van der Waals surface area contributed by atoms with Gasteiger partial charge in [0.05, 0.1) is 10.2 Å². The lowest BCUT2D eigenvalue weighted by Crippen LogP contribution is -2.19. The average Bonchev–Trinajstić information content (AvgIpc) is 3.13. The van der Waals surface area contributed by atoms with Gasteiger partial charge in [0.15, 0.2) is 5.13 Å². The van der Waals surface area contributed by atoms with E-state index in [-0.39, 0.29) is 11.9 Å². The summed E-state index contributed by atoms with van der Waals surface area (Å²) in [6, 6.07) is 19.9. The van der Waals surface area contributed by atoms with Crippen molar-refractivity contribution < 1.29 is 9.59 Å². The summed E-state index contributed by atoms with van der Waals surface area (Å²) >= 11 is 1.38. The fourth-order valence-electron chi connectivity index (χ4n) is 2.93. The lowest BCUT2D eigenvalue weighted by atomic mass is 10.1. The van der Waals surface area contributed by atoms with Crippen LogP contribution in [0.15, 0.2) is 66.7 Å². The predicted molar refractivity (Wildman–Crippen MR) is 123 cm³/mol. The molecule has 0 unspecified atom stereocenters. The first-order chi connectivity index (χ1) is 14.5. The summed E-state index contributed by atoms with van der Waals surface area (Å²) in [6.45, 7) is 4.03. The van der Waals surface area contributed by atoms with Crippen LogP contribution in [0.2, 0.25) is 0 Å². The zero-order valence-electron chi connectivity index (χ0n) is 16.5. The van der Waals surface area contributed by atoms with Crippen LogP contribution in [0.4, 0.5) is 21.3 Å². The van der Waals surface area contributed by atoms with Gasteiger partial charge in [0.25, 0.3) is 5.91 Å². The Kier molecular flexibility index (Phi) is 5.45. The van der Waals surface area contributed by atoms with Gasteiger partial charge in [-0.05, 0) is 67.4 Å². The van der Waals surface area contributed by atoms with Crippen molar-refractivity contribution in [2.75, 3.05) is 16.0 Å². The van der Waals surface area contributed by atoms with Gasteiger partial charge in [-0.1, -0.05) is 35.6 Å². The van der Waals surface area contributed by atoms with Crippen LogP contribution < -0.4 is 16.0 Å². The Morgan fingerprint density at radius 3 is 2.23 bits per heavy atom. The summed E-state index contributed by atoms with van der Waals surface area (Å²) in [7, 11) is 0. The number of nitrogens with one attached hydrogen (secondary N) is 3. The maximum Gasteiger partial charge on any atom is 0.323 e. The third-order valence-corrected chi connectivity index (χ3v) is 5.62. The van der Waals surface area contributed by atoms with Crippen LogP contribution in [0.25, 0.3) is 10.2 Å². The average molecular weight is 417 g/mol. The molecule has 3 amide bonds. The highest BCUT2D eigenvalue weighted by Crippen LogP contribution is 2.28. The Hall–Kier alpha value is -3.71. The van der Waals surface area contributed by atoms with Gasteiger partial charge < -0.3 is 10.6 Å². The minimum absolute atomic E-state index is 0.208. The molecule has 0 saturated heterocycles. The molecule has 1 heterocycles. The predicted octanol–water partition coefficient (Wildman–Crippen LogP) is 5.81. The van der Waals surface area contributed by atoms with E-state index >= 15 is 0 Å². The highest BCUT2D eigenvalue weighted by atomic mass is 32.1. The summed E-state index contributed by atoms with van der Waals surface area (Å²) in [5, 5.41) is 8.98. The minimum atomic E-state index is -0.328. The Morgan fingerprint density at radius 2 is 1.50 bits per heavy atom. The van der Waals surface area contributed by atoms with Gasteiger partial charge in [-0.2, -0.15) is 0 Å². The molecule has 0 saturated carbocycles. The molecule has 4 rings (SSSR count). The topological polar surface area (TPSA) is 83.1 Å². The molecule has 30 heavy (non-hydrogen) atoms. The van der Waals surface area contributed by atoms with E-state index in [1.54, 1.807) is 18.2 Å². The third-order valence-electron chi connectivity index (χ3n) is 4.67. The van der Waals surface area contributed by atoms with Crippen LogP contribution >= 0.6 is 11.3 Å². The molecule has 7 heteroatoms. The molecule has 0 aliphatic heterocycles. The van der Waals surface area contributed by atoms with Gasteiger partial charge in [0.2, 0.25) is 0 Å². The fourth-order valence-corrected chi connectivity index (χ4v) is 3.77. The number of carbonyl (C=O) groups excluding carboxylic acids is 2. The molecule has 0 atom stereocenters. The molecule has 1 aromatic heterocycles. The van der Waals surface area contributed by atoms with Crippen LogP contribution in [0.5, 0.6) is 0 Å². The summed E-state index contributed by atoms with van der Waals surface area (Å²) in [5.41, 5.74) is 4.91. The van der Waals surface area contributed by atoms with E-state index < -0.39 is 0 Å². The SMILES string of the molecule is Cc1ccc(NC(=O)Nc2ccc3sc(NC(=O)c4ccccc4)nc3c2)cc1C. The van der Waals surface area contributed by atoms with Crippen LogP contribution in [-0.4, -0.2) is 16.9 Å². The van der Waals surface area contributed by atoms with Crippen molar-refractivity contribution >= 4 is 50.0 Å². The molecule has 0 aliphatic carbocycles. The molecular formula is C23H20N4O2S. The number of urea groups is 1. The van der Waals surface area contributed by atoms with Crippen molar-refractivity contribution in [3.8, 4) is 0 Å². The van der Waals surface area contributed by atoms with Gasteiger partial charge in [-0.3, -0.25) is 10.1 Å². The van der Waals surface area contributed by atoms with Gasteiger partial charge in [-0.25, -0.2) is 9.78 Å². The summed E-state index contributed by atoms with van der Waals surface area (Å²) in [5.74, 6) is -0.208.